The van der Waals surface area contributed by atoms with Gasteiger partial charge in [-0.25, -0.2) is 0 Å². The van der Waals surface area contributed by atoms with Crippen LogP contribution in [0.1, 0.15) is 11.1 Å². The summed E-state index contributed by atoms with van der Waals surface area (Å²) in [6.45, 7) is 1.37. The Kier molecular flexibility index (Phi) is 6.78. The molecule has 0 heterocycles. The van der Waals surface area contributed by atoms with Gasteiger partial charge in [0.1, 0.15) is 5.75 Å². The first-order valence-electron chi connectivity index (χ1n) is 6.25. The largest absolute Gasteiger partial charge is 0.496 e. The Hall–Kier alpha value is -1.83. The molecule has 0 aliphatic heterocycles. The van der Waals surface area contributed by atoms with E-state index < -0.39 is 0 Å². The van der Waals surface area contributed by atoms with Gasteiger partial charge in [0.25, 0.3) is 0 Å². The molecule has 0 atom stereocenters. The van der Waals surface area contributed by atoms with Gasteiger partial charge in [0.05, 0.1) is 20.3 Å². The SMILES string of the molecule is COc1ccc(/C(N)=N/O)cc1CN(CCO)CCO. The number of aliphatic hydroxyl groups is 2. The van der Waals surface area contributed by atoms with Crippen LogP contribution >= 0.6 is 0 Å². The highest BCUT2D eigenvalue weighted by Gasteiger charge is 2.11. The van der Waals surface area contributed by atoms with Gasteiger partial charge in [0.15, 0.2) is 5.84 Å². The maximum Gasteiger partial charge on any atom is 0.170 e. The lowest BCUT2D eigenvalue weighted by molar-refractivity contribution is 0.155. The Bertz CT molecular complexity index is 445. The van der Waals surface area contributed by atoms with Crippen LogP contribution in [0.4, 0.5) is 0 Å². The molecule has 0 radical (unpaired) electrons. The summed E-state index contributed by atoms with van der Waals surface area (Å²) >= 11 is 0. The third-order valence-electron chi connectivity index (χ3n) is 2.91. The number of nitrogens with zero attached hydrogens (tertiary/aromatic N) is 2. The van der Waals surface area contributed by atoms with Crippen molar-refractivity contribution >= 4 is 5.84 Å². The second-order valence-electron chi connectivity index (χ2n) is 4.24. The predicted octanol–water partition coefficient (Wildman–Crippen LogP) is -0.424. The molecule has 0 saturated heterocycles. The number of oxime groups is 1. The number of amidine groups is 1. The predicted molar refractivity (Wildman–Crippen MR) is 75.0 cm³/mol. The third-order valence-corrected chi connectivity index (χ3v) is 2.91. The van der Waals surface area contributed by atoms with Crippen molar-refractivity contribution in [3.05, 3.63) is 29.3 Å². The monoisotopic (exact) mass is 283 g/mol. The molecule has 1 aromatic carbocycles. The highest BCUT2D eigenvalue weighted by molar-refractivity contribution is 5.97. The van der Waals surface area contributed by atoms with E-state index in [1.54, 1.807) is 25.3 Å². The zero-order valence-electron chi connectivity index (χ0n) is 11.5. The van der Waals surface area contributed by atoms with Crippen molar-refractivity contribution in [3.8, 4) is 5.75 Å². The lowest BCUT2D eigenvalue weighted by atomic mass is 10.1. The fourth-order valence-electron chi connectivity index (χ4n) is 1.91. The van der Waals surface area contributed by atoms with E-state index in [4.69, 9.17) is 25.9 Å². The number of hydrogen-bond donors (Lipinski definition) is 4. The third kappa shape index (κ3) is 4.37. The Morgan fingerprint density at radius 2 is 1.95 bits per heavy atom. The van der Waals surface area contributed by atoms with E-state index in [0.717, 1.165) is 5.56 Å². The van der Waals surface area contributed by atoms with Crippen LogP contribution in [0, 0.1) is 0 Å². The van der Waals surface area contributed by atoms with Crippen LogP contribution in [-0.4, -0.2) is 59.6 Å². The number of ether oxygens (including phenoxy) is 1. The quantitative estimate of drug-likeness (QED) is 0.223. The molecular weight excluding hydrogens is 262 g/mol. The van der Waals surface area contributed by atoms with Gasteiger partial charge < -0.3 is 25.9 Å². The maximum absolute atomic E-state index is 9.02. The second-order valence-corrected chi connectivity index (χ2v) is 4.24. The van der Waals surface area contributed by atoms with Gasteiger partial charge in [-0.1, -0.05) is 5.16 Å². The van der Waals surface area contributed by atoms with Crippen molar-refractivity contribution in [3.63, 3.8) is 0 Å². The molecule has 20 heavy (non-hydrogen) atoms. The molecule has 7 heteroatoms. The van der Waals surface area contributed by atoms with Crippen LogP contribution in [-0.2, 0) is 6.54 Å². The normalized spacial score (nSPS) is 11.9. The van der Waals surface area contributed by atoms with Crippen LogP contribution in [0.15, 0.2) is 23.4 Å². The average Bonchev–Trinajstić information content (AvgIpc) is 2.47. The van der Waals surface area contributed by atoms with E-state index in [-0.39, 0.29) is 19.0 Å². The van der Waals surface area contributed by atoms with Crippen molar-refractivity contribution in [2.24, 2.45) is 10.9 Å². The van der Waals surface area contributed by atoms with Gasteiger partial charge in [-0.3, -0.25) is 4.90 Å². The van der Waals surface area contributed by atoms with Crippen LogP contribution < -0.4 is 10.5 Å². The molecule has 0 aromatic heterocycles. The molecule has 7 nitrogen and oxygen atoms in total. The summed E-state index contributed by atoms with van der Waals surface area (Å²) in [7, 11) is 1.56. The van der Waals surface area contributed by atoms with Crippen LogP contribution in [0.5, 0.6) is 5.75 Å². The Morgan fingerprint density at radius 3 is 2.45 bits per heavy atom. The molecule has 5 N–H and O–H groups in total. The van der Waals surface area contributed by atoms with Crippen molar-refractivity contribution in [2.75, 3.05) is 33.4 Å². The van der Waals surface area contributed by atoms with E-state index in [1.165, 1.54) is 0 Å². The molecule has 1 aromatic rings. The smallest absolute Gasteiger partial charge is 0.170 e. The molecule has 0 saturated carbocycles. The number of nitrogens with two attached hydrogens (primary N) is 1. The maximum atomic E-state index is 9.02. The zero-order chi connectivity index (χ0) is 15.0. The lowest BCUT2D eigenvalue weighted by Crippen LogP contribution is -2.29. The second kappa shape index (κ2) is 8.36. The Labute approximate surface area is 117 Å². The summed E-state index contributed by atoms with van der Waals surface area (Å²) in [4.78, 5) is 1.88. The summed E-state index contributed by atoms with van der Waals surface area (Å²) in [6.07, 6.45) is 0. The van der Waals surface area contributed by atoms with E-state index in [0.29, 0.717) is 30.9 Å². The summed E-state index contributed by atoms with van der Waals surface area (Å²) < 4.78 is 5.28. The zero-order valence-corrected chi connectivity index (χ0v) is 11.5. The van der Waals surface area contributed by atoms with Crippen molar-refractivity contribution in [2.45, 2.75) is 6.54 Å². The number of aliphatic hydroxyl groups excluding tert-OH is 2. The summed E-state index contributed by atoms with van der Waals surface area (Å²) in [5.41, 5.74) is 6.98. The number of methoxy groups -OCH3 is 1. The van der Waals surface area contributed by atoms with Gasteiger partial charge in [-0.05, 0) is 18.2 Å². The van der Waals surface area contributed by atoms with Gasteiger partial charge in [0.2, 0.25) is 0 Å². The van der Waals surface area contributed by atoms with Crippen LogP contribution in [0.2, 0.25) is 0 Å². The minimum atomic E-state index is 0.00223. The summed E-state index contributed by atoms with van der Waals surface area (Å²) in [5.74, 6) is 0.685. The van der Waals surface area contributed by atoms with E-state index in [2.05, 4.69) is 5.16 Å². The average molecular weight is 283 g/mol. The number of rotatable bonds is 8. The molecule has 112 valence electrons. The lowest BCUT2D eigenvalue weighted by Gasteiger charge is -2.21. The minimum absolute atomic E-state index is 0.00223. The molecule has 0 aliphatic rings. The molecule has 0 spiro atoms. The Morgan fingerprint density at radius 1 is 1.30 bits per heavy atom. The van der Waals surface area contributed by atoms with Crippen molar-refractivity contribution in [1.29, 1.82) is 0 Å². The highest BCUT2D eigenvalue weighted by atomic mass is 16.5. The van der Waals surface area contributed by atoms with Gasteiger partial charge in [0, 0.05) is 30.8 Å². The summed E-state index contributed by atoms with van der Waals surface area (Å²) in [6, 6.07) is 5.19. The molecular formula is C13H21N3O4. The topological polar surface area (TPSA) is 112 Å². The van der Waals surface area contributed by atoms with E-state index >= 15 is 0 Å². The van der Waals surface area contributed by atoms with Crippen molar-refractivity contribution in [1.82, 2.24) is 4.90 Å². The molecule has 1 rings (SSSR count). The molecule has 0 fully saturated rings. The number of hydrogen-bond acceptors (Lipinski definition) is 6. The van der Waals surface area contributed by atoms with Crippen LogP contribution in [0.25, 0.3) is 0 Å². The van der Waals surface area contributed by atoms with Crippen LogP contribution in [0.3, 0.4) is 0 Å². The first-order valence-corrected chi connectivity index (χ1v) is 6.25. The highest BCUT2D eigenvalue weighted by Crippen LogP contribution is 2.21. The first-order chi connectivity index (χ1) is 9.65. The van der Waals surface area contributed by atoms with Gasteiger partial charge >= 0.3 is 0 Å². The van der Waals surface area contributed by atoms with Crippen molar-refractivity contribution < 1.29 is 20.2 Å². The molecule has 0 amide bonds. The van der Waals surface area contributed by atoms with Gasteiger partial charge in [-0.15, -0.1) is 0 Å². The fourth-order valence-corrected chi connectivity index (χ4v) is 1.91. The standard InChI is InChI=1S/C13H21N3O4/c1-20-12-3-2-10(13(14)15-19)8-11(12)9-16(4-6-17)5-7-18/h2-3,8,17-19H,4-7,9H2,1H3,(H2,14,15). The first kappa shape index (κ1) is 16.2. The summed E-state index contributed by atoms with van der Waals surface area (Å²) in [5, 5.41) is 29.7. The Balaban J connectivity index is 3.00. The minimum Gasteiger partial charge on any atom is -0.496 e. The van der Waals surface area contributed by atoms with E-state index in [1.807, 2.05) is 4.90 Å². The van der Waals surface area contributed by atoms with Gasteiger partial charge in [-0.2, -0.15) is 0 Å². The van der Waals surface area contributed by atoms with E-state index in [9.17, 15) is 0 Å². The number of benzene rings is 1. The fraction of sp³-hybridized carbons (Fsp3) is 0.462. The molecule has 0 unspecified atom stereocenters. The molecule has 0 bridgehead atoms. The molecule has 0 aliphatic carbocycles.